The van der Waals surface area contributed by atoms with Gasteiger partial charge in [-0.05, 0) is 49.2 Å². The molecule has 0 aliphatic carbocycles. The molecule has 2 heterocycles. The predicted octanol–water partition coefficient (Wildman–Crippen LogP) is 5.48. The van der Waals surface area contributed by atoms with Crippen molar-refractivity contribution in [3.05, 3.63) is 51.1 Å². The average molecular weight is 338 g/mol. The van der Waals surface area contributed by atoms with Gasteiger partial charge in [0.2, 0.25) is 5.28 Å². The number of hydrogen-bond acceptors (Lipinski definition) is 4. The number of anilines is 1. The number of aryl methyl sites for hydroxylation is 1. The van der Waals surface area contributed by atoms with E-state index in [1.165, 1.54) is 4.88 Å². The average Bonchev–Trinajstić information content (AvgIpc) is 2.79. The summed E-state index contributed by atoms with van der Waals surface area (Å²) in [5.74, 6) is 0.761. The Hall–Kier alpha value is -1.36. The van der Waals surface area contributed by atoms with Crippen LogP contribution in [0.4, 0.5) is 5.82 Å². The molecule has 2 aromatic heterocycles. The molecule has 0 amide bonds. The quantitative estimate of drug-likeness (QED) is 0.643. The highest BCUT2D eigenvalue weighted by Gasteiger charge is 2.13. The van der Waals surface area contributed by atoms with Gasteiger partial charge in [0.1, 0.15) is 10.6 Å². The van der Waals surface area contributed by atoms with Crippen molar-refractivity contribution in [2.24, 2.45) is 0 Å². The maximum atomic E-state index is 6.01. The second-order valence-electron chi connectivity index (χ2n) is 4.83. The van der Waals surface area contributed by atoms with E-state index in [0.29, 0.717) is 0 Å². The summed E-state index contributed by atoms with van der Waals surface area (Å²) in [5, 5.41) is 5.39. The first-order valence-corrected chi connectivity index (χ1v) is 8.06. The zero-order valence-electron chi connectivity index (χ0n) is 11.5. The molecule has 21 heavy (non-hydrogen) atoms. The van der Waals surface area contributed by atoms with Crippen molar-refractivity contribution in [2.45, 2.75) is 19.9 Å². The van der Waals surface area contributed by atoms with Crippen LogP contribution >= 0.6 is 34.5 Å². The fraction of sp³-hybridized carbons (Fsp3) is 0.200. The van der Waals surface area contributed by atoms with Crippen molar-refractivity contribution < 1.29 is 0 Å². The standard InChI is InChI=1S/C15H13Cl2N3S/c1-8-7-12-13(19-15(17)20-14(12)21-8)18-9(2)10-3-5-11(16)6-4-10/h3-7,9H,1-2H3,(H,18,19,20). The van der Waals surface area contributed by atoms with Crippen molar-refractivity contribution in [3.8, 4) is 0 Å². The van der Waals surface area contributed by atoms with E-state index in [0.717, 1.165) is 26.6 Å². The second kappa shape index (κ2) is 5.79. The highest BCUT2D eigenvalue weighted by atomic mass is 35.5. The van der Waals surface area contributed by atoms with E-state index in [1.807, 2.05) is 31.2 Å². The Kier molecular flexibility index (Phi) is 4.02. The summed E-state index contributed by atoms with van der Waals surface area (Å²) >= 11 is 13.5. The first-order chi connectivity index (χ1) is 10.0. The third-order valence-electron chi connectivity index (χ3n) is 3.21. The molecule has 0 aliphatic rings. The number of rotatable bonds is 3. The summed E-state index contributed by atoms with van der Waals surface area (Å²) in [4.78, 5) is 10.7. The van der Waals surface area contributed by atoms with Crippen molar-refractivity contribution in [3.63, 3.8) is 0 Å². The molecule has 1 aromatic carbocycles. The maximum absolute atomic E-state index is 6.01. The van der Waals surface area contributed by atoms with Gasteiger partial charge in [-0.1, -0.05) is 23.7 Å². The van der Waals surface area contributed by atoms with Gasteiger partial charge in [-0.2, -0.15) is 0 Å². The molecule has 0 saturated carbocycles. The van der Waals surface area contributed by atoms with Crippen molar-refractivity contribution in [2.75, 3.05) is 5.32 Å². The summed E-state index contributed by atoms with van der Waals surface area (Å²) in [5.41, 5.74) is 1.13. The topological polar surface area (TPSA) is 37.8 Å². The third-order valence-corrected chi connectivity index (χ3v) is 4.58. The lowest BCUT2D eigenvalue weighted by molar-refractivity contribution is 0.876. The highest BCUT2D eigenvalue weighted by molar-refractivity contribution is 7.18. The molecule has 108 valence electrons. The number of thiophene rings is 1. The zero-order chi connectivity index (χ0) is 15.0. The molecule has 0 aliphatic heterocycles. The molecule has 1 unspecified atom stereocenters. The van der Waals surface area contributed by atoms with Gasteiger partial charge in [0, 0.05) is 15.9 Å². The number of fused-ring (bicyclic) bond motifs is 1. The van der Waals surface area contributed by atoms with E-state index in [1.54, 1.807) is 11.3 Å². The summed E-state index contributed by atoms with van der Waals surface area (Å²) in [7, 11) is 0. The second-order valence-corrected chi connectivity index (χ2v) is 6.84. The number of nitrogens with one attached hydrogen (secondary N) is 1. The molecule has 1 N–H and O–H groups in total. The van der Waals surface area contributed by atoms with Crippen LogP contribution in [0, 0.1) is 6.92 Å². The molecule has 0 bridgehead atoms. The van der Waals surface area contributed by atoms with Crippen molar-refractivity contribution in [1.29, 1.82) is 0 Å². The lowest BCUT2D eigenvalue weighted by atomic mass is 10.1. The van der Waals surface area contributed by atoms with Crippen LogP contribution in [0.15, 0.2) is 30.3 Å². The molecule has 6 heteroatoms. The lowest BCUT2D eigenvalue weighted by Crippen LogP contribution is -2.08. The Morgan fingerprint density at radius 3 is 2.57 bits per heavy atom. The first-order valence-electron chi connectivity index (χ1n) is 6.48. The van der Waals surface area contributed by atoms with Gasteiger partial charge in [0.15, 0.2) is 0 Å². The third kappa shape index (κ3) is 3.12. The van der Waals surface area contributed by atoms with E-state index in [-0.39, 0.29) is 11.3 Å². The Labute approximate surface area is 137 Å². The zero-order valence-corrected chi connectivity index (χ0v) is 13.9. The lowest BCUT2D eigenvalue weighted by Gasteiger charge is -2.15. The van der Waals surface area contributed by atoms with Gasteiger partial charge < -0.3 is 5.32 Å². The molecule has 0 spiro atoms. The Morgan fingerprint density at radius 2 is 1.86 bits per heavy atom. The molecular weight excluding hydrogens is 325 g/mol. The van der Waals surface area contributed by atoms with E-state index < -0.39 is 0 Å². The summed E-state index contributed by atoms with van der Waals surface area (Å²) < 4.78 is 0. The first kappa shape index (κ1) is 14.6. The molecule has 1 atom stereocenters. The largest absolute Gasteiger partial charge is 0.363 e. The van der Waals surface area contributed by atoms with Gasteiger partial charge in [-0.25, -0.2) is 9.97 Å². The number of benzene rings is 1. The summed E-state index contributed by atoms with van der Waals surface area (Å²) in [6.07, 6.45) is 0. The molecule has 0 fully saturated rings. The molecule has 0 saturated heterocycles. The molecule has 0 radical (unpaired) electrons. The minimum Gasteiger partial charge on any atom is -0.363 e. The van der Waals surface area contributed by atoms with Crippen LogP contribution < -0.4 is 5.32 Å². The maximum Gasteiger partial charge on any atom is 0.225 e. The fourth-order valence-electron chi connectivity index (χ4n) is 2.17. The van der Waals surface area contributed by atoms with E-state index in [2.05, 4.69) is 28.3 Å². The van der Waals surface area contributed by atoms with Crippen molar-refractivity contribution in [1.82, 2.24) is 9.97 Å². The summed E-state index contributed by atoms with van der Waals surface area (Å²) in [6.45, 7) is 4.12. The minimum absolute atomic E-state index is 0.0941. The van der Waals surface area contributed by atoms with Gasteiger partial charge in [0.25, 0.3) is 0 Å². The van der Waals surface area contributed by atoms with Gasteiger partial charge >= 0.3 is 0 Å². The molecule has 3 nitrogen and oxygen atoms in total. The van der Waals surface area contributed by atoms with E-state index in [9.17, 15) is 0 Å². The monoisotopic (exact) mass is 337 g/mol. The van der Waals surface area contributed by atoms with Crippen LogP contribution in [0.1, 0.15) is 23.4 Å². The van der Waals surface area contributed by atoms with Crippen molar-refractivity contribution >= 4 is 50.6 Å². The number of aromatic nitrogens is 2. The Bertz CT molecular complexity index is 783. The molecular formula is C15H13Cl2N3S. The van der Waals surface area contributed by atoms with Crippen LogP contribution in [0.2, 0.25) is 10.3 Å². The minimum atomic E-state index is 0.0941. The normalized spacial score (nSPS) is 12.6. The SMILES string of the molecule is Cc1cc2c(NC(C)c3ccc(Cl)cc3)nc(Cl)nc2s1. The van der Waals surface area contributed by atoms with Crippen LogP contribution in [-0.2, 0) is 0 Å². The van der Waals surface area contributed by atoms with Crippen LogP contribution in [0.5, 0.6) is 0 Å². The van der Waals surface area contributed by atoms with E-state index in [4.69, 9.17) is 23.2 Å². The van der Waals surface area contributed by atoms with Crippen LogP contribution in [0.3, 0.4) is 0 Å². The van der Waals surface area contributed by atoms with Gasteiger partial charge in [-0.3, -0.25) is 0 Å². The predicted molar refractivity (Wildman–Crippen MR) is 90.7 cm³/mol. The Balaban J connectivity index is 1.95. The van der Waals surface area contributed by atoms with Gasteiger partial charge in [-0.15, -0.1) is 11.3 Å². The fourth-order valence-corrected chi connectivity index (χ4v) is 3.39. The smallest absolute Gasteiger partial charge is 0.225 e. The summed E-state index contributed by atoms with van der Waals surface area (Å²) in [6, 6.07) is 9.93. The molecule has 3 rings (SSSR count). The van der Waals surface area contributed by atoms with Crippen LogP contribution in [0.25, 0.3) is 10.2 Å². The number of halogens is 2. The Morgan fingerprint density at radius 1 is 1.14 bits per heavy atom. The number of nitrogens with zero attached hydrogens (tertiary/aromatic N) is 2. The van der Waals surface area contributed by atoms with Crippen LogP contribution in [-0.4, -0.2) is 9.97 Å². The molecule has 3 aromatic rings. The number of hydrogen-bond donors (Lipinski definition) is 1. The van der Waals surface area contributed by atoms with E-state index >= 15 is 0 Å². The van der Waals surface area contributed by atoms with Gasteiger partial charge in [0.05, 0.1) is 5.39 Å². The highest BCUT2D eigenvalue weighted by Crippen LogP contribution is 2.31.